The smallest absolute Gasteiger partial charge is 0.416 e. The van der Waals surface area contributed by atoms with Gasteiger partial charge in [0.05, 0.1) is 30.7 Å². The van der Waals surface area contributed by atoms with Gasteiger partial charge in [-0.05, 0) is 42.5 Å². The van der Waals surface area contributed by atoms with Crippen LogP contribution in [-0.2, 0) is 6.18 Å². The van der Waals surface area contributed by atoms with Crippen LogP contribution in [0.25, 0.3) is 10.9 Å². The molecule has 4 aromatic rings. The summed E-state index contributed by atoms with van der Waals surface area (Å²) in [7, 11) is 3.04. The molecule has 8 nitrogen and oxygen atoms in total. The molecule has 0 aliphatic carbocycles. The first-order valence-electron chi connectivity index (χ1n) is 10.2. The lowest BCUT2D eigenvalue weighted by Gasteiger charge is -2.12. The molecule has 4 rings (SSSR count). The number of ether oxygens (including phenoxy) is 3. The first-order valence-corrected chi connectivity index (χ1v) is 10.2. The van der Waals surface area contributed by atoms with Gasteiger partial charge in [-0.3, -0.25) is 0 Å². The van der Waals surface area contributed by atoms with Crippen LogP contribution in [0.3, 0.4) is 0 Å². The number of carbonyl (C=O) groups is 1. The van der Waals surface area contributed by atoms with Crippen LogP contribution in [0, 0.1) is 0 Å². The summed E-state index contributed by atoms with van der Waals surface area (Å²) in [6.45, 7) is 0. The second-order valence-corrected chi connectivity index (χ2v) is 7.19. The highest BCUT2D eigenvalue weighted by molar-refractivity contribution is 5.99. The van der Waals surface area contributed by atoms with E-state index in [-0.39, 0.29) is 11.6 Å². The summed E-state index contributed by atoms with van der Waals surface area (Å²) in [6, 6.07) is 13.4. The molecule has 11 heteroatoms. The number of aromatic nitrogens is 2. The van der Waals surface area contributed by atoms with Crippen LogP contribution in [0.5, 0.6) is 23.1 Å². The third kappa shape index (κ3) is 5.52. The summed E-state index contributed by atoms with van der Waals surface area (Å²) in [5, 5.41) is 5.68. The minimum absolute atomic E-state index is 0.208. The van der Waals surface area contributed by atoms with E-state index < -0.39 is 17.8 Å². The molecule has 0 saturated carbocycles. The molecule has 0 spiro atoms. The van der Waals surface area contributed by atoms with E-state index in [0.717, 1.165) is 12.1 Å². The molecule has 1 heterocycles. The maximum Gasteiger partial charge on any atom is 0.416 e. The van der Waals surface area contributed by atoms with Crippen molar-refractivity contribution in [2.24, 2.45) is 0 Å². The van der Waals surface area contributed by atoms with Crippen LogP contribution in [0.15, 0.2) is 67.0 Å². The predicted octanol–water partition coefficient (Wildman–Crippen LogP) is 6.10. The van der Waals surface area contributed by atoms with E-state index in [9.17, 15) is 18.0 Å². The number of hydrogen-bond acceptors (Lipinski definition) is 6. The molecule has 0 unspecified atom stereocenters. The van der Waals surface area contributed by atoms with Gasteiger partial charge in [-0.15, -0.1) is 0 Å². The minimum atomic E-state index is -4.45. The number of alkyl halides is 3. The van der Waals surface area contributed by atoms with Gasteiger partial charge >= 0.3 is 12.2 Å². The molecule has 2 amide bonds. The maximum absolute atomic E-state index is 12.7. The van der Waals surface area contributed by atoms with E-state index in [1.165, 1.54) is 32.7 Å². The standard InChI is InChI=1S/C24H19F3N4O4/c1-33-20-11-18-19(12-21(20)34-2)28-13-29-22(18)35-17-5-3-4-16(10-17)31-23(32)30-15-8-6-14(7-9-15)24(25,26)27/h3-13H,1-2H3,(H2,30,31,32). The number of carbonyl (C=O) groups excluding carboxylic acids is 1. The van der Waals surface area contributed by atoms with Gasteiger partial charge < -0.3 is 24.8 Å². The molecule has 1 aromatic heterocycles. The zero-order valence-corrected chi connectivity index (χ0v) is 18.5. The second-order valence-electron chi connectivity index (χ2n) is 7.19. The first-order chi connectivity index (χ1) is 16.8. The van der Waals surface area contributed by atoms with Gasteiger partial charge in [-0.2, -0.15) is 13.2 Å². The molecule has 0 saturated heterocycles. The fourth-order valence-corrected chi connectivity index (χ4v) is 3.23. The molecule has 2 N–H and O–H groups in total. The Morgan fingerprint density at radius 1 is 0.857 bits per heavy atom. The monoisotopic (exact) mass is 484 g/mol. The Bertz CT molecular complexity index is 1360. The quantitative estimate of drug-likeness (QED) is 0.343. The number of halogens is 3. The third-order valence-corrected chi connectivity index (χ3v) is 4.88. The number of nitrogens with zero attached hydrogens (tertiary/aromatic N) is 2. The average Bonchev–Trinajstić information content (AvgIpc) is 2.83. The number of amides is 2. The third-order valence-electron chi connectivity index (χ3n) is 4.88. The molecule has 0 aliphatic heterocycles. The molecular weight excluding hydrogens is 465 g/mol. The molecular formula is C24H19F3N4O4. The second kappa shape index (κ2) is 9.75. The van der Waals surface area contributed by atoms with Crippen molar-refractivity contribution < 1.29 is 32.2 Å². The van der Waals surface area contributed by atoms with Gasteiger partial charge in [-0.25, -0.2) is 14.8 Å². The van der Waals surface area contributed by atoms with Crippen LogP contribution in [0.2, 0.25) is 0 Å². The fourth-order valence-electron chi connectivity index (χ4n) is 3.23. The van der Waals surface area contributed by atoms with Crippen molar-refractivity contribution in [1.29, 1.82) is 0 Å². The average molecular weight is 484 g/mol. The van der Waals surface area contributed by atoms with E-state index in [4.69, 9.17) is 14.2 Å². The largest absolute Gasteiger partial charge is 0.493 e. The fraction of sp³-hybridized carbons (Fsp3) is 0.125. The van der Waals surface area contributed by atoms with Crippen molar-refractivity contribution in [2.75, 3.05) is 24.9 Å². The number of hydrogen-bond donors (Lipinski definition) is 2. The molecule has 0 atom stereocenters. The Morgan fingerprint density at radius 3 is 2.23 bits per heavy atom. The number of urea groups is 1. The molecule has 0 radical (unpaired) electrons. The van der Waals surface area contributed by atoms with E-state index in [1.54, 1.807) is 36.4 Å². The number of rotatable bonds is 6. The van der Waals surface area contributed by atoms with Crippen LogP contribution in [0.4, 0.5) is 29.3 Å². The normalized spacial score (nSPS) is 11.1. The Kier molecular flexibility index (Phi) is 6.58. The molecule has 0 bridgehead atoms. The van der Waals surface area contributed by atoms with E-state index in [0.29, 0.717) is 33.8 Å². The van der Waals surface area contributed by atoms with Crippen molar-refractivity contribution >= 4 is 28.3 Å². The Morgan fingerprint density at radius 2 is 1.54 bits per heavy atom. The van der Waals surface area contributed by atoms with Gasteiger partial charge in [0.1, 0.15) is 12.1 Å². The molecule has 0 fully saturated rings. The Hall–Kier alpha value is -4.54. The Balaban J connectivity index is 1.49. The highest BCUT2D eigenvalue weighted by atomic mass is 19.4. The van der Waals surface area contributed by atoms with Crippen molar-refractivity contribution in [2.45, 2.75) is 6.18 Å². The van der Waals surface area contributed by atoms with Crippen LogP contribution in [0.1, 0.15) is 5.56 Å². The molecule has 35 heavy (non-hydrogen) atoms. The maximum atomic E-state index is 12.7. The SMILES string of the molecule is COc1cc2ncnc(Oc3cccc(NC(=O)Nc4ccc(C(F)(F)F)cc4)c3)c2cc1OC. The zero-order valence-electron chi connectivity index (χ0n) is 18.5. The molecule has 0 aliphatic rings. The lowest BCUT2D eigenvalue weighted by molar-refractivity contribution is -0.137. The van der Waals surface area contributed by atoms with E-state index in [1.807, 2.05) is 0 Å². The molecule has 180 valence electrons. The topological polar surface area (TPSA) is 94.6 Å². The van der Waals surface area contributed by atoms with E-state index >= 15 is 0 Å². The van der Waals surface area contributed by atoms with Gasteiger partial charge in [0.2, 0.25) is 5.88 Å². The first kappa shape index (κ1) is 23.6. The summed E-state index contributed by atoms with van der Waals surface area (Å²) >= 11 is 0. The van der Waals surface area contributed by atoms with Crippen molar-refractivity contribution in [1.82, 2.24) is 9.97 Å². The number of methoxy groups -OCH3 is 2. The summed E-state index contributed by atoms with van der Waals surface area (Å²) in [6.07, 6.45) is -3.10. The minimum Gasteiger partial charge on any atom is -0.493 e. The summed E-state index contributed by atoms with van der Waals surface area (Å²) in [4.78, 5) is 20.7. The number of fused-ring (bicyclic) bond motifs is 1. The van der Waals surface area contributed by atoms with E-state index in [2.05, 4.69) is 20.6 Å². The van der Waals surface area contributed by atoms with Crippen molar-refractivity contribution in [3.8, 4) is 23.1 Å². The predicted molar refractivity (Wildman–Crippen MR) is 123 cm³/mol. The summed E-state index contributed by atoms with van der Waals surface area (Å²) < 4.78 is 54.6. The number of nitrogens with one attached hydrogen (secondary N) is 2. The lowest BCUT2D eigenvalue weighted by atomic mass is 10.2. The highest BCUT2D eigenvalue weighted by Gasteiger charge is 2.30. The highest BCUT2D eigenvalue weighted by Crippen LogP contribution is 2.36. The number of benzene rings is 3. The van der Waals surface area contributed by atoms with Crippen LogP contribution < -0.4 is 24.8 Å². The van der Waals surface area contributed by atoms with Gasteiger partial charge in [-0.1, -0.05) is 6.07 Å². The van der Waals surface area contributed by atoms with Crippen molar-refractivity contribution in [3.63, 3.8) is 0 Å². The summed E-state index contributed by atoms with van der Waals surface area (Å²) in [5.74, 6) is 1.64. The van der Waals surface area contributed by atoms with Crippen LogP contribution in [-0.4, -0.2) is 30.2 Å². The van der Waals surface area contributed by atoms with Gasteiger partial charge in [0.15, 0.2) is 11.5 Å². The summed E-state index contributed by atoms with van der Waals surface area (Å²) in [5.41, 5.74) is 0.378. The van der Waals surface area contributed by atoms with Crippen molar-refractivity contribution in [3.05, 3.63) is 72.6 Å². The van der Waals surface area contributed by atoms with Gasteiger partial charge in [0.25, 0.3) is 0 Å². The zero-order chi connectivity index (χ0) is 25.0. The van der Waals surface area contributed by atoms with Crippen LogP contribution >= 0.6 is 0 Å². The lowest BCUT2D eigenvalue weighted by Crippen LogP contribution is -2.19. The number of anilines is 2. The molecule has 3 aromatic carbocycles. The Labute approximate surface area is 197 Å². The van der Waals surface area contributed by atoms with Gasteiger partial charge in [0, 0.05) is 23.5 Å².